The van der Waals surface area contributed by atoms with E-state index in [0.717, 1.165) is 42.5 Å². The van der Waals surface area contributed by atoms with Crippen LogP contribution in [0.5, 0.6) is 0 Å². The first kappa shape index (κ1) is 18.1. The van der Waals surface area contributed by atoms with Crippen molar-refractivity contribution in [1.29, 1.82) is 0 Å². The Morgan fingerprint density at radius 1 is 1.24 bits per heavy atom. The van der Waals surface area contributed by atoms with E-state index in [9.17, 15) is 4.79 Å². The van der Waals surface area contributed by atoms with Crippen molar-refractivity contribution in [1.82, 2.24) is 9.88 Å². The zero-order valence-electron chi connectivity index (χ0n) is 14.3. The molecular formula is C19H22ClN3OS. The quantitative estimate of drug-likeness (QED) is 0.799. The summed E-state index contributed by atoms with van der Waals surface area (Å²) >= 11 is 7.77. The van der Waals surface area contributed by atoms with Crippen molar-refractivity contribution in [3.8, 4) is 0 Å². The van der Waals surface area contributed by atoms with Gasteiger partial charge in [-0.05, 0) is 36.2 Å². The third-order valence-electron chi connectivity index (χ3n) is 4.36. The van der Waals surface area contributed by atoms with E-state index in [1.807, 2.05) is 41.4 Å². The molecule has 0 spiro atoms. The van der Waals surface area contributed by atoms with Gasteiger partial charge in [0.1, 0.15) is 0 Å². The van der Waals surface area contributed by atoms with Crippen LogP contribution < -0.4 is 4.90 Å². The first-order valence-corrected chi connectivity index (χ1v) is 9.92. The number of halogens is 1. The van der Waals surface area contributed by atoms with Gasteiger partial charge in [-0.25, -0.2) is 0 Å². The Morgan fingerprint density at radius 3 is 2.76 bits per heavy atom. The highest BCUT2D eigenvalue weighted by molar-refractivity contribution is 7.99. The molecule has 0 bridgehead atoms. The molecule has 0 N–H and O–H groups in total. The number of aromatic nitrogens is 1. The second-order valence-electron chi connectivity index (χ2n) is 6.15. The van der Waals surface area contributed by atoms with Crippen LogP contribution in [0, 0.1) is 6.92 Å². The highest BCUT2D eigenvalue weighted by atomic mass is 35.5. The Balaban J connectivity index is 1.47. The number of piperazine rings is 1. The number of benzene rings is 1. The van der Waals surface area contributed by atoms with Crippen LogP contribution >= 0.6 is 23.4 Å². The Labute approximate surface area is 158 Å². The Hall–Kier alpha value is -1.72. The minimum atomic E-state index is 0.219. The predicted molar refractivity (Wildman–Crippen MR) is 105 cm³/mol. The molecule has 1 aromatic heterocycles. The molecule has 0 aliphatic carbocycles. The molecular weight excluding hydrogens is 354 g/mol. The van der Waals surface area contributed by atoms with Gasteiger partial charge in [0, 0.05) is 55.0 Å². The number of carbonyl (C=O) groups excluding carboxylic acids is 1. The summed E-state index contributed by atoms with van der Waals surface area (Å²) < 4.78 is 0. The summed E-state index contributed by atoms with van der Waals surface area (Å²) in [5.41, 5.74) is 3.54. The van der Waals surface area contributed by atoms with E-state index >= 15 is 0 Å². The lowest BCUT2D eigenvalue weighted by molar-refractivity contribution is -0.128. The van der Waals surface area contributed by atoms with Gasteiger partial charge in [0.2, 0.25) is 5.91 Å². The van der Waals surface area contributed by atoms with Gasteiger partial charge in [0.25, 0.3) is 0 Å². The SMILES string of the molecule is Cc1ccc(Cl)cc1N1CCN(C(=O)CSCc2cccnc2)CC1. The Morgan fingerprint density at radius 2 is 2.04 bits per heavy atom. The van der Waals surface area contributed by atoms with Crippen molar-refractivity contribution in [2.45, 2.75) is 12.7 Å². The average molecular weight is 376 g/mol. The third-order valence-corrected chi connectivity index (χ3v) is 5.58. The van der Waals surface area contributed by atoms with Crippen LogP contribution in [0.2, 0.25) is 5.02 Å². The van der Waals surface area contributed by atoms with Crippen LogP contribution in [-0.4, -0.2) is 47.7 Å². The Kier molecular flexibility index (Phi) is 6.21. The van der Waals surface area contributed by atoms with Crippen molar-refractivity contribution in [3.05, 3.63) is 58.9 Å². The van der Waals surface area contributed by atoms with Crippen LogP contribution in [0.3, 0.4) is 0 Å². The fourth-order valence-electron chi connectivity index (χ4n) is 2.95. The molecule has 2 heterocycles. The standard InChI is InChI=1S/C19H22ClN3OS/c1-15-4-5-17(20)11-18(15)22-7-9-23(10-8-22)19(24)14-25-13-16-3-2-6-21-12-16/h2-6,11-12H,7-10,13-14H2,1H3. The molecule has 2 aromatic rings. The number of rotatable bonds is 5. The van der Waals surface area contributed by atoms with E-state index in [0.29, 0.717) is 5.75 Å². The molecule has 132 valence electrons. The summed E-state index contributed by atoms with van der Waals surface area (Å²) in [5.74, 6) is 1.56. The number of hydrogen-bond acceptors (Lipinski definition) is 4. The number of nitrogens with zero attached hydrogens (tertiary/aromatic N) is 3. The molecule has 1 fully saturated rings. The van der Waals surface area contributed by atoms with E-state index < -0.39 is 0 Å². The lowest BCUT2D eigenvalue weighted by Gasteiger charge is -2.37. The number of hydrogen-bond donors (Lipinski definition) is 0. The molecule has 0 unspecified atom stereocenters. The Bertz CT molecular complexity index is 718. The highest BCUT2D eigenvalue weighted by Gasteiger charge is 2.22. The predicted octanol–water partition coefficient (Wildman–Crippen LogP) is 3.63. The maximum Gasteiger partial charge on any atom is 0.232 e. The van der Waals surface area contributed by atoms with Crippen molar-refractivity contribution in [3.63, 3.8) is 0 Å². The summed E-state index contributed by atoms with van der Waals surface area (Å²) in [6.07, 6.45) is 3.62. The van der Waals surface area contributed by atoms with Gasteiger partial charge in [0.05, 0.1) is 5.75 Å². The summed E-state index contributed by atoms with van der Waals surface area (Å²) in [6.45, 7) is 5.31. The molecule has 0 saturated carbocycles. The molecule has 25 heavy (non-hydrogen) atoms. The second kappa shape index (κ2) is 8.59. The largest absolute Gasteiger partial charge is 0.368 e. The van der Waals surface area contributed by atoms with Crippen LogP contribution in [0.1, 0.15) is 11.1 Å². The smallest absolute Gasteiger partial charge is 0.232 e. The number of amides is 1. The lowest BCUT2D eigenvalue weighted by Crippen LogP contribution is -2.49. The first-order chi connectivity index (χ1) is 12.1. The molecule has 1 aliphatic heterocycles. The van der Waals surface area contributed by atoms with Crippen molar-refractivity contribution in [2.75, 3.05) is 36.8 Å². The summed E-state index contributed by atoms with van der Waals surface area (Å²) in [5, 5.41) is 0.755. The minimum absolute atomic E-state index is 0.219. The van der Waals surface area contributed by atoms with Crippen molar-refractivity contribution >= 4 is 35.0 Å². The topological polar surface area (TPSA) is 36.4 Å². The van der Waals surface area contributed by atoms with E-state index in [4.69, 9.17) is 11.6 Å². The zero-order valence-corrected chi connectivity index (χ0v) is 15.9. The molecule has 1 aliphatic rings. The molecule has 1 saturated heterocycles. The van der Waals surface area contributed by atoms with Crippen LogP contribution in [0.4, 0.5) is 5.69 Å². The summed E-state index contributed by atoms with van der Waals surface area (Å²) in [6, 6.07) is 9.94. The molecule has 3 rings (SSSR count). The monoisotopic (exact) mass is 375 g/mol. The summed E-state index contributed by atoms with van der Waals surface area (Å²) in [4.78, 5) is 20.8. The van der Waals surface area contributed by atoms with Gasteiger partial charge < -0.3 is 9.80 Å². The van der Waals surface area contributed by atoms with Gasteiger partial charge in [0.15, 0.2) is 0 Å². The number of anilines is 1. The fourth-order valence-corrected chi connectivity index (χ4v) is 3.98. The van der Waals surface area contributed by atoms with Crippen molar-refractivity contribution < 1.29 is 4.79 Å². The number of aryl methyl sites for hydroxylation is 1. The van der Waals surface area contributed by atoms with Crippen LogP contribution in [-0.2, 0) is 10.5 Å². The highest BCUT2D eigenvalue weighted by Crippen LogP contribution is 2.25. The normalized spacial score (nSPS) is 14.6. The molecule has 6 heteroatoms. The number of thioether (sulfide) groups is 1. The van der Waals surface area contributed by atoms with Gasteiger partial charge in [-0.1, -0.05) is 23.7 Å². The van der Waals surface area contributed by atoms with E-state index in [1.165, 1.54) is 11.3 Å². The van der Waals surface area contributed by atoms with E-state index in [1.54, 1.807) is 18.0 Å². The van der Waals surface area contributed by atoms with Gasteiger partial charge in [-0.2, -0.15) is 0 Å². The lowest BCUT2D eigenvalue weighted by atomic mass is 10.1. The molecule has 4 nitrogen and oxygen atoms in total. The van der Waals surface area contributed by atoms with Gasteiger partial charge in [-0.15, -0.1) is 11.8 Å². The van der Waals surface area contributed by atoms with E-state index in [-0.39, 0.29) is 5.91 Å². The second-order valence-corrected chi connectivity index (χ2v) is 7.57. The number of carbonyl (C=O) groups is 1. The van der Waals surface area contributed by atoms with Gasteiger partial charge in [-0.3, -0.25) is 9.78 Å². The molecule has 1 amide bonds. The molecule has 0 radical (unpaired) electrons. The number of pyridine rings is 1. The van der Waals surface area contributed by atoms with Gasteiger partial charge >= 0.3 is 0 Å². The molecule has 0 atom stereocenters. The van der Waals surface area contributed by atoms with Crippen LogP contribution in [0.15, 0.2) is 42.7 Å². The van der Waals surface area contributed by atoms with E-state index in [2.05, 4.69) is 16.8 Å². The summed E-state index contributed by atoms with van der Waals surface area (Å²) in [7, 11) is 0. The maximum absolute atomic E-state index is 12.4. The average Bonchev–Trinajstić information content (AvgIpc) is 2.65. The third kappa shape index (κ3) is 4.89. The van der Waals surface area contributed by atoms with Crippen LogP contribution in [0.25, 0.3) is 0 Å². The zero-order chi connectivity index (χ0) is 17.6. The molecule has 1 aromatic carbocycles. The minimum Gasteiger partial charge on any atom is -0.368 e. The maximum atomic E-state index is 12.4. The van der Waals surface area contributed by atoms with Crippen molar-refractivity contribution in [2.24, 2.45) is 0 Å². The fraction of sp³-hybridized carbons (Fsp3) is 0.368. The first-order valence-electron chi connectivity index (χ1n) is 8.39.